The number of thioether (sulfide) groups is 1. The van der Waals surface area contributed by atoms with Gasteiger partial charge in [0.25, 0.3) is 0 Å². The van der Waals surface area contributed by atoms with Crippen LogP contribution in [0.25, 0.3) is 0 Å². The number of benzene rings is 1. The van der Waals surface area contributed by atoms with Crippen molar-refractivity contribution in [3.63, 3.8) is 0 Å². The van der Waals surface area contributed by atoms with Crippen molar-refractivity contribution in [3.8, 4) is 0 Å². The lowest BCUT2D eigenvalue weighted by Gasteiger charge is -2.05. The number of hydrogen-bond donors (Lipinski definition) is 0. The molecule has 82 valence electrons. The summed E-state index contributed by atoms with van der Waals surface area (Å²) < 4.78 is 4.78. The molecule has 1 aromatic rings. The Labute approximate surface area is 95.0 Å². The van der Waals surface area contributed by atoms with Gasteiger partial charge < -0.3 is 4.74 Å². The van der Waals surface area contributed by atoms with Crippen LogP contribution in [0, 0.1) is 13.8 Å². The van der Waals surface area contributed by atoms with Gasteiger partial charge >= 0.3 is 0 Å². The number of ether oxygens (including phenoxy) is 1. The maximum atomic E-state index is 11.2. The summed E-state index contributed by atoms with van der Waals surface area (Å²) in [6.45, 7) is 4.34. The molecule has 0 aliphatic carbocycles. The third-order valence-electron chi connectivity index (χ3n) is 2.02. The van der Waals surface area contributed by atoms with Gasteiger partial charge in [0.2, 0.25) is 0 Å². The van der Waals surface area contributed by atoms with Gasteiger partial charge in [-0.25, -0.2) is 0 Å². The predicted molar refractivity (Wildman–Crippen MR) is 63.5 cm³/mol. The highest BCUT2D eigenvalue weighted by Crippen LogP contribution is 2.22. The van der Waals surface area contributed by atoms with Crippen molar-refractivity contribution in [1.82, 2.24) is 0 Å². The third-order valence-corrected chi connectivity index (χ3v) is 3.26. The van der Waals surface area contributed by atoms with Crippen LogP contribution in [0.5, 0.6) is 0 Å². The Morgan fingerprint density at radius 1 is 1.40 bits per heavy atom. The highest BCUT2D eigenvalue weighted by molar-refractivity contribution is 8.00. The first-order valence-electron chi connectivity index (χ1n) is 4.84. The van der Waals surface area contributed by atoms with Crippen LogP contribution in [-0.2, 0) is 9.53 Å². The number of carbonyl (C=O) groups is 1. The minimum absolute atomic E-state index is 0.127. The summed E-state index contributed by atoms with van der Waals surface area (Å²) >= 11 is 1.57. The summed E-state index contributed by atoms with van der Waals surface area (Å²) in [5.74, 6) is 0.611. The Morgan fingerprint density at radius 3 is 2.73 bits per heavy atom. The SMILES string of the molecule is COCC(=O)CSc1ccc(C)cc1C. The van der Waals surface area contributed by atoms with Crippen molar-refractivity contribution < 1.29 is 9.53 Å². The molecule has 0 saturated carbocycles. The van der Waals surface area contributed by atoms with E-state index in [0.29, 0.717) is 5.75 Å². The average molecular weight is 224 g/mol. The third kappa shape index (κ3) is 4.06. The standard InChI is InChI=1S/C12H16O2S/c1-9-4-5-12(10(2)6-9)15-8-11(13)7-14-3/h4-6H,7-8H2,1-3H3. The zero-order chi connectivity index (χ0) is 11.3. The molecule has 0 aliphatic rings. The Morgan fingerprint density at radius 2 is 2.13 bits per heavy atom. The van der Waals surface area contributed by atoms with Gasteiger partial charge in [0.1, 0.15) is 6.61 Å². The normalized spacial score (nSPS) is 10.3. The van der Waals surface area contributed by atoms with Crippen LogP contribution in [0.1, 0.15) is 11.1 Å². The first-order chi connectivity index (χ1) is 7.13. The monoisotopic (exact) mass is 224 g/mol. The lowest BCUT2D eigenvalue weighted by atomic mass is 10.2. The van der Waals surface area contributed by atoms with Gasteiger partial charge in [-0.1, -0.05) is 17.7 Å². The Hall–Kier alpha value is -0.800. The fraction of sp³-hybridized carbons (Fsp3) is 0.417. The summed E-state index contributed by atoms with van der Waals surface area (Å²) in [7, 11) is 1.54. The van der Waals surface area contributed by atoms with E-state index in [1.54, 1.807) is 18.9 Å². The fourth-order valence-corrected chi connectivity index (χ4v) is 2.17. The van der Waals surface area contributed by atoms with E-state index >= 15 is 0 Å². The van der Waals surface area contributed by atoms with E-state index in [9.17, 15) is 4.79 Å². The van der Waals surface area contributed by atoms with Crippen LogP contribution in [0.15, 0.2) is 23.1 Å². The topological polar surface area (TPSA) is 26.3 Å². The Bertz CT molecular complexity index is 347. The first-order valence-corrected chi connectivity index (χ1v) is 5.82. The zero-order valence-electron chi connectivity index (χ0n) is 9.37. The molecule has 0 aromatic heterocycles. The van der Waals surface area contributed by atoms with Crippen molar-refractivity contribution in [2.75, 3.05) is 19.5 Å². The molecule has 0 aliphatic heterocycles. The van der Waals surface area contributed by atoms with Crippen LogP contribution in [0.3, 0.4) is 0 Å². The van der Waals surface area contributed by atoms with Crippen molar-refractivity contribution in [1.29, 1.82) is 0 Å². The lowest BCUT2D eigenvalue weighted by molar-refractivity contribution is -0.120. The molecule has 0 unspecified atom stereocenters. The molecule has 0 fully saturated rings. The molecule has 0 spiro atoms. The summed E-state index contributed by atoms with van der Waals surface area (Å²) in [5.41, 5.74) is 2.48. The maximum Gasteiger partial charge on any atom is 0.168 e. The number of ketones is 1. The molecule has 0 radical (unpaired) electrons. The van der Waals surface area contributed by atoms with Crippen LogP contribution in [0.2, 0.25) is 0 Å². The molecule has 0 heterocycles. The molecule has 0 amide bonds. The van der Waals surface area contributed by atoms with Crippen molar-refractivity contribution in [2.45, 2.75) is 18.7 Å². The summed E-state index contributed by atoms with van der Waals surface area (Å²) in [5, 5.41) is 0. The summed E-state index contributed by atoms with van der Waals surface area (Å²) in [4.78, 5) is 12.4. The molecular weight excluding hydrogens is 208 g/mol. The van der Waals surface area contributed by atoms with Crippen molar-refractivity contribution in [2.24, 2.45) is 0 Å². The highest BCUT2D eigenvalue weighted by Gasteiger charge is 2.04. The molecule has 0 atom stereocenters. The molecule has 3 heteroatoms. The maximum absolute atomic E-state index is 11.2. The first kappa shape index (κ1) is 12.3. The largest absolute Gasteiger partial charge is 0.377 e. The van der Waals surface area contributed by atoms with E-state index in [1.807, 2.05) is 0 Å². The van der Waals surface area contributed by atoms with Gasteiger partial charge in [-0.15, -0.1) is 11.8 Å². The molecular formula is C12H16O2S. The minimum Gasteiger partial charge on any atom is -0.377 e. The Balaban J connectivity index is 2.54. The van der Waals surface area contributed by atoms with E-state index in [4.69, 9.17) is 4.74 Å². The van der Waals surface area contributed by atoms with E-state index in [-0.39, 0.29) is 12.4 Å². The van der Waals surface area contributed by atoms with Gasteiger partial charge in [0.15, 0.2) is 5.78 Å². The molecule has 1 aromatic carbocycles. The number of hydrogen-bond acceptors (Lipinski definition) is 3. The van der Waals surface area contributed by atoms with E-state index < -0.39 is 0 Å². The molecule has 0 N–H and O–H groups in total. The molecule has 15 heavy (non-hydrogen) atoms. The van der Waals surface area contributed by atoms with Gasteiger partial charge in [-0.3, -0.25) is 4.79 Å². The number of Topliss-reactive ketones (excluding diaryl/α,β-unsaturated/α-hetero) is 1. The van der Waals surface area contributed by atoms with Crippen LogP contribution >= 0.6 is 11.8 Å². The molecule has 1 rings (SSSR count). The van der Waals surface area contributed by atoms with Gasteiger partial charge in [0.05, 0.1) is 5.75 Å². The average Bonchev–Trinajstić information content (AvgIpc) is 2.17. The molecule has 0 bridgehead atoms. The minimum atomic E-state index is 0.127. The van der Waals surface area contributed by atoms with E-state index in [1.165, 1.54) is 16.0 Å². The highest BCUT2D eigenvalue weighted by atomic mass is 32.2. The quantitative estimate of drug-likeness (QED) is 0.719. The number of aryl methyl sites for hydroxylation is 2. The molecule has 2 nitrogen and oxygen atoms in total. The second-order valence-electron chi connectivity index (χ2n) is 3.53. The van der Waals surface area contributed by atoms with Crippen LogP contribution in [0.4, 0.5) is 0 Å². The second-order valence-corrected chi connectivity index (χ2v) is 4.55. The van der Waals surface area contributed by atoms with Crippen molar-refractivity contribution in [3.05, 3.63) is 29.3 Å². The van der Waals surface area contributed by atoms with Gasteiger partial charge in [-0.05, 0) is 25.5 Å². The predicted octanol–water partition coefficient (Wildman–Crippen LogP) is 2.61. The van der Waals surface area contributed by atoms with E-state index in [2.05, 4.69) is 32.0 Å². The second kappa shape index (κ2) is 5.93. The summed E-state index contributed by atoms with van der Waals surface area (Å²) in [6.07, 6.45) is 0. The van der Waals surface area contributed by atoms with Gasteiger partial charge in [0, 0.05) is 12.0 Å². The van der Waals surface area contributed by atoms with Crippen LogP contribution in [-0.4, -0.2) is 25.3 Å². The van der Waals surface area contributed by atoms with E-state index in [0.717, 1.165) is 0 Å². The summed E-state index contributed by atoms with van der Waals surface area (Å²) in [6, 6.07) is 6.26. The van der Waals surface area contributed by atoms with Crippen LogP contribution < -0.4 is 0 Å². The number of rotatable bonds is 5. The van der Waals surface area contributed by atoms with Crippen molar-refractivity contribution >= 4 is 17.5 Å². The zero-order valence-corrected chi connectivity index (χ0v) is 10.2. The molecule has 0 saturated heterocycles. The number of methoxy groups -OCH3 is 1. The van der Waals surface area contributed by atoms with Gasteiger partial charge in [-0.2, -0.15) is 0 Å². The lowest BCUT2D eigenvalue weighted by Crippen LogP contribution is -2.08. The fourth-order valence-electron chi connectivity index (χ4n) is 1.32. The smallest absolute Gasteiger partial charge is 0.168 e. The number of carbonyl (C=O) groups excluding carboxylic acids is 1. The Kier molecular flexibility index (Phi) is 4.85.